The van der Waals surface area contributed by atoms with Crippen molar-refractivity contribution >= 4 is 8.32 Å². The van der Waals surface area contributed by atoms with Gasteiger partial charge in [-0.15, -0.1) is 0 Å². The third kappa shape index (κ3) is 2.96. The van der Waals surface area contributed by atoms with E-state index in [4.69, 9.17) is 9.69 Å². The minimum absolute atomic E-state index is 0.700. The van der Waals surface area contributed by atoms with Crippen LogP contribution in [0.25, 0.3) is 0 Å². The van der Waals surface area contributed by atoms with Crippen molar-refractivity contribution in [3.05, 3.63) is 0 Å². The van der Waals surface area contributed by atoms with Gasteiger partial charge in [0.25, 0.3) is 0 Å². The first-order valence-electron chi connectivity index (χ1n) is 4.78. The summed E-state index contributed by atoms with van der Waals surface area (Å²) in [4.78, 5) is 0. The second kappa shape index (κ2) is 4.63. The smallest absolute Gasteiger partial charge is 0.189 e. The van der Waals surface area contributed by atoms with E-state index in [2.05, 4.69) is 12.6 Å². The molecule has 0 saturated carbocycles. The fraction of sp³-hybridized carbons (Fsp3) is 0.889. The predicted octanol–water partition coefficient (Wildman–Crippen LogP) is 2.68. The standard InChI is InChI=1S/C9H17NOSi/c1-12(8-4-2-6-10)9-5-3-7-11-12/h2-5,7-9H2,1H3. The van der Waals surface area contributed by atoms with Gasteiger partial charge in [0.2, 0.25) is 0 Å². The van der Waals surface area contributed by atoms with E-state index in [1.54, 1.807) is 0 Å². The molecule has 1 heterocycles. The zero-order valence-corrected chi connectivity index (χ0v) is 8.81. The van der Waals surface area contributed by atoms with Crippen LogP contribution in [0.2, 0.25) is 18.6 Å². The quantitative estimate of drug-likeness (QED) is 0.498. The van der Waals surface area contributed by atoms with Crippen molar-refractivity contribution in [3.8, 4) is 6.07 Å². The van der Waals surface area contributed by atoms with E-state index >= 15 is 0 Å². The topological polar surface area (TPSA) is 33.0 Å². The first-order chi connectivity index (χ1) is 5.77. The van der Waals surface area contributed by atoms with E-state index in [9.17, 15) is 0 Å². The Hall–Kier alpha value is -0.333. The summed E-state index contributed by atoms with van der Waals surface area (Å²) in [6.07, 6.45) is 4.32. The second-order valence-electron chi connectivity index (χ2n) is 3.77. The highest BCUT2D eigenvalue weighted by Gasteiger charge is 2.30. The van der Waals surface area contributed by atoms with Crippen LogP contribution in [0.15, 0.2) is 0 Å². The van der Waals surface area contributed by atoms with Crippen molar-refractivity contribution in [1.82, 2.24) is 0 Å². The highest BCUT2D eigenvalue weighted by Crippen LogP contribution is 2.26. The van der Waals surface area contributed by atoms with E-state index in [0.29, 0.717) is 6.42 Å². The molecule has 0 N–H and O–H groups in total. The number of nitriles is 1. The molecular weight excluding hydrogens is 166 g/mol. The first kappa shape index (κ1) is 9.75. The Morgan fingerprint density at radius 3 is 2.92 bits per heavy atom. The Labute approximate surface area is 75.7 Å². The van der Waals surface area contributed by atoms with Crippen molar-refractivity contribution in [2.45, 2.75) is 44.3 Å². The highest BCUT2D eigenvalue weighted by molar-refractivity contribution is 6.72. The molecule has 12 heavy (non-hydrogen) atoms. The van der Waals surface area contributed by atoms with Crippen molar-refractivity contribution in [1.29, 1.82) is 5.26 Å². The molecule has 0 amide bonds. The number of hydrogen-bond acceptors (Lipinski definition) is 2. The molecule has 3 heteroatoms. The Morgan fingerprint density at radius 1 is 1.50 bits per heavy atom. The van der Waals surface area contributed by atoms with Crippen LogP contribution < -0.4 is 0 Å². The zero-order chi connectivity index (χ0) is 8.86. The van der Waals surface area contributed by atoms with Gasteiger partial charge < -0.3 is 4.43 Å². The van der Waals surface area contributed by atoms with Gasteiger partial charge in [0.1, 0.15) is 0 Å². The van der Waals surface area contributed by atoms with Crippen molar-refractivity contribution in [2.24, 2.45) is 0 Å². The van der Waals surface area contributed by atoms with Crippen LogP contribution in [0.1, 0.15) is 25.7 Å². The highest BCUT2D eigenvalue weighted by atomic mass is 28.4. The molecule has 0 aromatic carbocycles. The molecule has 1 saturated heterocycles. The fourth-order valence-electron chi connectivity index (χ4n) is 1.73. The lowest BCUT2D eigenvalue weighted by molar-refractivity contribution is 0.269. The lowest BCUT2D eigenvalue weighted by Gasteiger charge is -2.31. The molecule has 0 bridgehead atoms. The van der Waals surface area contributed by atoms with Crippen LogP contribution in [0.3, 0.4) is 0 Å². The van der Waals surface area contributed by atoms with E-state index in [-0.39, 0.29) is 0 Å². The minimum atomic E-state index is -1.32. The molecule has 0 aliphatic carbocycles. The van der Waals surface area contributed by atoms with Crippen LogP contribution in [0.5, 0.6) is 0 Å². The number of unbranched alkanes of at least 4 members (excludes halogenated alkanes) is 1. The molecule has 0 aromatic heterocycles. The Balaban J connectivity index is 2.23. The van der Waals surface area contributed by atoms with E-state index in [1.165, 1.54) is 24.9 Å². The SMILES string of the molecule is C[Si]1(CCCC#N)CCCCO1. The zero-order valence-electron chi connectivity index (χ0n) is 7.81. The average molecular weight is 183 g/mol. The van der Waals surface area contributed by atoms with Gasteiger partial charge in [-0.1, -0.05) is 6.42 Å². The molecule has 1 fully saturated rings. The van der Waals surface area contributed by atoms with Crippen LogP contribution in [0, 0.1) is 11.3 Å². The van der Waals surface area contributed by atoms with Crippen molar-refractivity contribution in [2.75, 3.05) is 6.61 Å². The van der Waals surface area contributed by atoms with Crippen LogP contribution in [0.4, 0.5) is 0 Å². The number of rotatable bonds is 3. The Kier molecular flexibility index (Phi) is 3.77. The molecular formula is C9H17NOSi. The molecule has 0 aromatic rings. The fourth-order valence-corrected chi connectivity index (χ4v) is 4.83. The molecule has 1 atom stereocenters. The van der Waals surface area contributed by atoms with Gasteiger partial charge in [0.15, 0.2) is 8.32 Å². The maximum atomic E-state index is 8.40. The summed E-state index contributed by atoms with van der Waals surface area (Å²) in [7, 11) is -1.32. The number of hydrogen-bond donors (Lipinski definition) is 0. The third-order valence-electron chi connectivity index (χ3n) is 2.54. The van der Waals surface area contributed by atoms with Crippen molar-refractivity contribution < 1.29 is 4.43 Å². The van der Waals surface area contributed by atoms with Gasteiger partial charge in [-0.05, 0) is 31.5 Å². The van der Waals surface area contributed by atoms with E-state index < -0.39 is 8.32 Å². The van der Waals surface area contributed by atoms with Gasteiger partial charge >= 0.3 is 0 Å². The van der Waals surface area contributed by atoms with Gasteiger partial charge in [-0.25, -0.2) is 0 Å². The summed E-state index contributed by atoms with van der Waals surface area (Å²) in [5.74, 6) is 0. The minimum Gasteiger partial charge on any atom is -0.417 e. The lowest BCUT2D eigenvalue weighted by Crippen LogP contribution is -2.37. The normalized spacial score (nSPS) is 29.7. The summed E-state index contributed by atoms with van der Waals surface area (Å²) in [5, 5.41) is 8.40. The predicted molar refractivity (Wildman–Crippen MR) is 51.3 cm³/mol. The van der Waals surface area contributed by atoms with Crippen molar-refractivity contribution in [3.63, 3.8) is 0 Å². The Morgan fingerprint density at radius 2 is 2.33 bits per heavy atom. The van der Waals surface area contributed by atoms with Gasteiger partial charge in [0.05, 0.1) is 6.07 Å². The molecule has 68 valence electrons. The molecule has 2 nitrogen and oxygen atoms in total. The molecule has 1 rings (SSSR count). The molecule has 1 unspecified atom stereocenters. The maximum absolute atomic E-state index is 8.40. The summed E-state index contributed by atoms with van der Waals surface area (Å²) < 4.78 is 5.84. The summed E-state index contributed by atoms with van der Waals surface area (Å²) in [6.45, 7) is 3.28. The molecule has 0 radical (unpaired) electrons. The second-order valence-corrected chi connectivity index (χ2v) is 7.96. The van der Waals surface area contributed by atoms with Gasteiger partial charge in [0, 0.05) is 13.0 Å². The lowest BCUT2D eigenvalue weighted by atomic mass is 10.4. The van der Waals surface area contributed by atoms with Crippen LogP contribution in [-0.4, -0.2) is 14.9 Å². The number of nitrogens with zero attached hydrogens (tertiary/aromatic N) is 1. The molecule has 1 aliphatic heterocycles. The van der Waals surface area contributed by atoms with Gasteiger partial charge in [-0.2, -0.15) is 5.26 Å². The largest absolute Gasteiger partial charge is 0.417 e. The third-order valence-corrected chi connectivity index (χ3v) is 6.27. The molecule has 0 spiro atoms. The monoisotopic (exact) mass is 183 g/mol. The first-order valence-corrected chi connectivity index (χ1v) is 7.60. The van der Waals surface area contributed by atoms with E-state index in [0.717, 1.165) is 13.0 Å². The van der Waals surface area contributed by atoms with Crippen LogP contribution >= 0.6 is 0 Å². The average Bonchev–Trinajstić information content (AvgIpc) is 2.06. The van der Waals surface area contributed by atoms with Gasteiger partial charge in [-0.3, -0.25) is 0 Å². The summed E-state index contributed by atoms with van der Waals surface area (Å²) in [5.41, 5.74) is 0. The molecule has 1 aliphatic rings. The van der Waals surface area contributed by atoms with Crippen LogP contribution in [-0.2, 0) is 4.43 Å². The maximum Gasteiger partial charge on any atom is 0.189 e. The Bertz CT molecular complexity index is 170. The summed E-state index contributed by atoms with van der Waals surface area (Å²) in [6, 6.07) is 4.68. The summed E-state index contributed by atoms with van der Waals surface area (Å²) >= 11 is 0. The van der Waals surface area contributed by atoms with E-state index in [1.807, 2.05) is 0 Å².